The van der Waals surface area contributed by atoms with Crippen LogP contribution in [0, 0.1) is 0 Å². The van der Waals surface area contributed by atoms with Crippen LogP contribution in [0.5, 0.6) is 0 Å². The summed E-state index contributed by atoms with van der Waals surface area (Å²) in [6.07, 6.45) is 2.12. The van der Waals surface area contributed by atoms with Gasteiger partial charge in [-0.3, -0.25) is 18.7 Å². The molecule has 1 aromatic carbocycles. The minimum atomic E-state index is -0.387. The summed E-state index contributed by atoms with van der Waals surface area (Å²) in [6, 6.07) is 12.6. The van der Waals surface area contributed by atoms with E-state index in [0.717, 1.165) is 5.56 Å². The van der Waals surface area contributed by atoms with Gasteiger partial charge in [0.25, 0.3) is 5.56 Å². The number of hydrogen-bond donors (Lipinski definition) is 1. The molecule has 0 saturated heterocycles. The highest BCUT2D eigenvalue weighted by molar-refractivity contribution is 7.17. The second-order valence-corrected chi connectivity index (χ2v) is 8.40. The molecule has 3 aromatic heterocycles. The first-order chi connectivity index (χ1) is 15.0. The molecule has 4 rings (SSSR count). The van der Waals surface area contributed by atoms with Crippen molar-refractivity contribution in [3.8, 4) is 0 Å². The van der Waals surface area contributed by atoms with Gasteiger partial charge in [0.1, 0.15) is 10.5 Å². The van der Waals surface area contributed by atoms with Gasteiger partial charge < -0.3 is 9.73 Å². The molecule has 0 unspecified atom stereocenters. The van der Waals surface area contributed by atoms with Crippen LogP contribution in [0.3, 0.4) is 0 Å². The molecule has 0 radical (unpaired) electrons. The lowest BCUT2D eigenvalue weighted by atomic mass is 10.2. The Kier molecular flexibility index (Phi) is 6.39. The molecule has 1 N–H and O–H groups in total. The number of nitrogens with zero attached hydrogens (tertiary/aromatic N) is 2. The maximum atomic E-state index is 13.1. The van der Waals surface area contributed by atoms with Crippen molar-refractivity contribution in [1.82, 2.24) is 14.5 Å². The van der Waals surface area contributed by atoms with Crippen molar-refractivity contribution in [2.24, 2.45) is 0 Å². The maximum absolute atomic E-state index is 13.1. The average molecular weight is 458 g/mol. The predicted octanol–water partition coefficient (Wildman–Crippen LogP) is 3.62. The number of amides is 1. The van der Waals surface area contributed by atoms with E-state index in [1.165, 1.54) is 15.9 Å². The Balaban J connectivity index is 1.50. The third-order valence-corrected chi connectivity index (χ3v) is 6.06. The lowest BCUT2D eigenvalue weighted by Crippen LogP contribution is -2.40. The van der Waals surface area contributed by atoms with E-state index in [2.05, 4.69) is 5.32 Å². The minimum absolute atomic E-state index is 0.164. The van der Waals surface area contributed by atoms with Gasteiger partial charge in [0, 0.05) is 18.0 Å². The predicted molar refractivity (Wildman–Crippen MR) is 121 cm³/mol. The van der Waals surface area contributed by atoms with Crippen LogP contribution in [0.15, 0.2) is 68.1 Å². The van der Waals surface area contributed by atoms with Crippen molar-refractivity contribution < 1.29 is 9.21 Å². The van der Waals surface area contributed by atoms with Gasteiger partial charge in [-0.05, 0) is 47.7 Å². The minimum Gasteiger partial charge on any atom is -0.467 e. The molecule has 0 spiro atoms. The Morgan fingerprint density at radius 2 is 1.90 bits per heavy atom. The summed E-state index contributed by atoms with van der Waals surface area (Å²) in [5.74, 6) is 0.501. The molecule has 160 valence electrons. The van der Waals surface area contributed by atoms with E-state index >= 15 is 0 Å². The van der Waals surface area contributed by atoms with Gasteiger partial charge in [-0.1, -0.05) is 23.7 Å². The Morgan fingerprint density at radius 3 is 2.65 bits per heavy atom. The van der Waals surface area contributed by atoms with Crippen LogP contribution in [0.1, 0.15) is 24.2 Å². The highest BCUT2D eigenvalue weighted by atomic mass is 35.5. The van der Waals surface area contributed by atoms with Crippen LogP contribution in [0.2, 0.25) is 5.02 Å². The first-order valence-electron chi connectivity index (χ1n) is 9.77. The van der Waals surface area contributed by atoms with Gasteiger partial charge in [0.05, 0.1) is 24.9 Å². The molecule has 4 aromatic rings. The molecular formula is C22H20ClN3O4S. The van der Waals surface area contributed by atoms with E-state index in [-0.39, 0.29) is 30.1 Å². The van der Waals surface area contributed by atoms with Gasteiger partial charge in [-0.25, -0.2) is 4.79 Å². The van der Waals surface area contributed by atoms with Gasteiger partial charge in [0.2, 0.25) is 5.91 Å². The molecule has 9 heteroatoms. The highest BCUT2D eigenvalue weighted by Gasteiger charge is 2.15. The number of rotatable bonds is 8. The van der Waals surface area contributed by atoms with Gasteiger partial charge >= 0.3 is 5.69 Å². The molecular weight excluding hydrogens is 438 g/mol. The number of nitrogens with one attached hydrogen (secondary N) is 1. The van der Waals surface area contributed by atoms with Crippen molar-refractivity contribution in [2.45, 2.75) is 32.5 Å². The second kappa shape index (κ2) is 9.36. The Bertz CT molecular complexity index is 1300. The topological polar surface area (TPSA) is 86.2 Å². The van der Waals surface area contributed by atoms with E-state index in [0.29, 0.717) is 40.5 Å². The molecule has 0 aliphatic carbocycles. The summed E-state index contributed by atoms with van der Waals surface area (Å²) in [5, 5.41) is 5.18. The largest absolute Gasteiger partial charge is 0.467 e. The van der Waals surface area contributed by atoms with Crippen molar-refractivity contribution >= 4 is 39.1 Å². The lowest BCUT2D eigenvalue weighted by Gasteiger charge is -2.12. The number of benzene rings is 1. The number of hydrogen-bond acceptors (Lipinski definition) is 5. The van der Waals surface area contributed by atoms with E-state index in [1.807, 2.05) is 12.1 Å². The third-order valence-electron chi connectivity index (χ3n) is 4.92. The normalized spacial score (nSPS) is 11.1. The van der Waals surface area contributed by atoms with Crippen molar-refractivity contribution in [3.05, 3.63) is 91.3 Å². The van der Waals surface area contributed by atoms with Gasteiger partial charge in [-0.2, -0.15) is 0 Å². The van der Waals surface area contributed by atoms with Crippen LogP contribution >= 0.6 is 22.9 Å². The second-order valence-electron chi connectivity index (χ2n) is 7.05. The number of halogens is 1. The molecule has 0 atom stereocenters. The fourth-order valence-electron chi connectivity index (χ4n) is 3.34. The van der Waals surface area contributed by atoms with Crippen LogP contribution < -0.4 is 16.6 Å². The molecule has 0 fully saturated rings. The molecule has 31 heavy (non-hydrogen) atoms. The Labute approximate surface area is 186 Å². The van der Waals surface area contributed by atoms with Gasteiger partial charge in [0.15, 0.2) is 0 Å². The summed E-state index contributed by atoms with van der Waals surface area (Å²) in [6.45, 7) is 0.800. The molecule has 3 heterocycles. The van der Waals surface area contributed by atoms with Crippen LogP contribution in [0.25, 0.3) is 10.2 Å². The Morgan fingerprint density at radius 1 is 1.10 bits per heavy atom. The Hall–Kier alpha value is -3.10. The third kappa shape index (κ3) is 4.81. The van der Waals surface area contributed by atoms with Crippen LogP contribution in [-0.4, -0.2) is 15.0 Å². The van der Waals surface area contributed by atoms with Crippen molar-refractivity contribution in [2.75, 3.05) is 0 Å². The van der Waals surface area contributed by atoms with E-state index in [9.17, 15) is 14.4 Å². The number of fused-ring (bicyclic) bond motifs is 1. The molecule has 7 nitrogen and oxygen atoms in total. The summed E-state index contributed by atoms with van der Waals surface area (Å²) in [4.78, 5) is 38.0. The van der Waals surface area contributed by atoms with E-state index in [4.69, 9.17) is 16.0 Å². The zero-order chi connectivity index (χ0) is 21.8. The quantitative estimate of drug-likeness (QED) is 0.438. The number of carbonyl (C=O) groups excluding carboxylic acids is 1. The van der Waals surface area contributed by atoms with E-state index in [1.54, 1.807) is 46.5 Å². The van der Waals surface area contributed by atoms with Gasteiger partial charge in [-0.15, -0.1) is 11.3 Å². The zero-order valence-electron chi connectivity index (χ0n) is 16.5. The van der Waals surface area contributed by atoms with Crippen LogP contribution in [0.4, 0.5) is 0 Å². The standard InChI is InChI=1S/C22H20ClN3O4S/c23-16-7-5-15(6-8-16)14-26-18-9-12-31-20(18)21(28)25(22(26)29)10-1-4-19(27)24-13-17-3-2-11-30-17/h2-3,5-9,11-12H,1,4,10,13-14H2,(H,24,27). The molecule has 0 bridgehead atoms. The van der Waals surface area contributed by atoms with Crippen molar-refractivity contribution in [1.29, 1.82) is 0 Å². The number of carbonyl (C=O) groups is 1. The van der Waals surface area contributed by atoms with E-state index < -0.39 is 0 Å². The number of aromatic nitrogens is 2. The maximum Gasteiger partial charge on any atom is 0.331 e. The first kappa shape index (κ1) is 21.1. The summed E-state index contributed by atoms with van der Waals surface area (Å²) in [5.41, 5.74) is 0.809. The smallest absolute Gasteiger partial charge is 0.331 e. The zero-order valence-corrected chi connectivity index (χ0v) is 18.1. The molecule has 1 amide bonds. The first-order valence-corrected chi connectivity index (χ1v) is 11.0. The summed E-state index contributed by atoms with van der Waals surface area (Å²) >= 11 is 7.26. The molecule has 0 saturated carbocycles. The fraction of sp³-hybridized carbons (Fsp3) is 0.227. The number of thiophene rings is 1. The van der Waals surface area contributed by atoms with Crippen LogP contribution in [-0.2, 0) is 24.4 Å². The fourth-order valence-corrected chi connectivity index (χ4v) is 4.31. The average Bonchev–Trinajstić information content (AvgIpc) is 3.45. The monoisotopic (exact) mass is 457 g/mol. The number of furan rings is 1. The van der Waals surface area contributed by atoms with Crippen molar-refractivity contribution in [3.63, 3.8) is 0 Å². The summed E-state index contributed by atoms with van der Waals surface area (Å²) in [7, 11) is 0. The lowest BCUT2D eigenvalue weighted by molar-refractivity contribution is -0.121. The highest BCUT2D eigenvalue weighted by Crippen LogP contribution is 2.17. The molecule has 0 aliphatic rings. The summed E-state index contributed by atoms with van der Waals surface area (Å²) < 4.78 is 8.51. The molecule has 0 aliphatic heterocycles. The SMILES string of the molecule is O=C(CCCn1c(=O)c2sccc2n(Cc2ccc(Cl)cc2)c1=O)NCc1ccco1.